The van der Waals surface area contributed by atoms with E-state index in [4.69, 9.17) is 14.2 Å². The van der Waals surface area contributed by atoms with Crippen molar-refractivity contribution < 1.29 is 37.7 Å². The molecule has 1 unspecified atom stereocenters. The monoisotopic (exact) mass is 533 g/mol. The molecule has 38 heavy (non-hydrogen) atoms. The number of hydrogen-bond donors (Lipinski definition) is 1. The number of amides is 1. The van der Waals surface area contributed by atoms with Crippen LogP contribution in [0.1, 0.15) is 56.2 Å². The number of carboxylic acids is 1. The lowest BCUT2D eigenvalue weighted by atomic mass is 10.1. The summed E-state index contributed by atoms with van der Waals surface area (Å²) in [4.78, 5) is 25.7. The average Bonchev–Trinajstić information content (AvgIpc) is 3.33. The van der Waals surface area contributed by atoms with Gasteiger partial charge in [-0.05, 0) is 86.9 Å². The Morgan fingerprint density at radius 2 is 1.74 bits per heavy atom. The molecular weight excluding hydrogens is 496 g/mol. The topological polar surface area (TPSA) is 85.3 Å². The van der Waals surface area contributed by atoms with Crippen molar-refractivity contribution in [3.8, 4) is 11.5 Å². The maximum atomic E-state index is 13.2. The second-order valence-electron chi connectivity index (χ2n) is 9.65. The summed E-state index contributed by atoms with van der Waals surface area (Å²) in [6, 6.07) is 12.7. The molecule has 9 heteroatoms. The highest BCUT2D eigenvalue weighted by Crippen LogP contribution is 2.26. The highest BCUT2D eigenvalue weighted by molar-refractivity contribution is 5.72. The molecule has 0 aliphatic heterocycles. The van der Waals surface area contributed by atoms with Crippen LogP contribution in [0.3, 0.4) is 0 Å². The summed E-state index contributed by atoms with van der Waals surface area (Å²) < 4.78 is 43.1. The fourth-order valence-electron chi connectivity index (χ4n) is 4.44. The van der Waals surface area contributed by atoms with E-state index in [1.807, 2.05) is 12.1 Å². The summed E-state index contributed by atoms with van der Waals surface area (Å²) in [5, 5.41) is 9.26. The molecule has 1 aliphatic rings. The van der Waals surface area contributed by atoms with Crippen molar-refractivity contribution in [1.82, 2.24) is 4.90 Å². The van der Waals surface area contributed by atoms with E-state index in [2.05, 4.69) is 0 Å². The van der Waals surface area contributed by atoms with Gasteiger partial charge in [0.1, 0.15) is 18.1 Å². The molecule has 0 spiro atoms. The van der Waals surface area contributed by atoms with E-state index < -0.39 is 24.1 Å². The summed E-state index contributed by atoms with van der Waals surface area (Å²) in [5.41, 5.74) is 3.26. The quantitative estimate of drug-likeness (QED) is 0.287. The number of aryl methyl sites for hydroxylation is 2. The lowest BCUT2D eigenvalue weighted by Crippen LogP contribution is -2.37. The standard InChI is InChI=1S/C29H37F2NO6/c1-3-36-26(27(33)34)19-21-9-12-24(13-10-21)37-18-17-32(16-5-4-15-29(2,30)31)28(35)38-25-14-11-22-7-6-8-23(22)20-25/h9-14,20,26H,3-8,15-19H2,1-2H3,(H,33,34). The highest BCUT2D eigenvalue weighted by atomic mass is 19.3. The zero-order valence-electron chi connectivity index (χ0n) is 22.1. The fourth-order valence-corrected chi connectivity index (χ4v) is 4.44. The first-order chi connectivity index (χ1) is 18.1. The van der Waals surface area contributed by atoms with Gasteiger partial charge in [-0.3, -0.25) is 0 Å². The van der Waals surface area contributed by atoms with Gasteiger partial charge in [-0.1, -0.05) is 18.2 Å². The number of alkyl halides is 2. The van der Waals surface area contributed by atoms with E-state index in [1.165, 1.54) is 16.0 Å². The first-order valence-corrected chi connectivity index (χ1v) is 13.2. The maximum absolute atomic E-state index is 13.2. The summed E-state index contributed by atoms with van der Waals surface area (Å²) >= 11 is 0. The highest BCUT2D eigenvalue weighted by Gasteiger charge is 2.22. The Labute approximate surface area is 222 Å². The summed E-state index contributed by atoms with van der Waals surface area (Å²) in [7, 11) is 0. The predicted molar refractivity (Wildman–Crippen MR) is 139 cm³/mol. The largest absolute Gasteiger partial charge is 0.492 e. The number of nitrogens with zero attached hydrogens (tertiary/aromatic N) is 1. The Morgan fingerprint density at radius 3 is 2.42 bits per heavy atom. The molecule has 1 amide bonds. The van der Waals surface area contributed by atoms with Crippen LogP contribution in [0.2, 0.25) is 0 Å². The van der Waals surface area contributed by atoms with Crippen molar-refractivity contribution in [2.75, 3.05) is 26.3 Å². The van der Waals surface area contributed by atoms with E-state index in [9.17, 15) is 23.5 Å². The fraction of sp³-hybridized carbons (Fsp3) is 0.517. The molecule has 7 nitrogen and oxygen atoms in total. The van der Waals surface area contributed by atoms with Crippen LogP contribution in [-0.2, 0) is 28.8 Å². The van der Waals surface area contributed by atoms with Crippen molar-refractivity contribution in [2.45, 2.75) is 70.8 Å². The lowest BCUT2D eigenvalue weighted by molar-refractivity contribution is -0.149. The first-order valence-electron chi connectivity index (χ1n) is 13.2. The third-order valence-corrected chi connectivity index (χ3v) is 6.44. The third kappa shape index (κ3) is 9.59. The number of aliphatic carboxylic acids is 1. The summed E-state index contributed by atoms with van der Waals surface area (Å²) in [6.07, 6.45) is 2.33. The number of ether oxygens (including phenoxy) is 3. The SMILES string of the molecule is CCOC(Cc1ccc(OCCN(CCCCC(C)(F)F)C(=O)Oc2ccc3c(c2)CCC3)cc1)C(=O)O. The number of carbonyl (C=O) groups excluding carboxylic acids is 1. The zero-order valence-corrected chi connectivity index (χ0v) is 22.1. The van der Waals surface area contributed by atoms with Crippen LogP contribution in [0, 0.1) is 0 Å². The number of hydrogen-bond acceptors (Lipinski definition) is 5. The lowest BCUT2D eigenvalue weighted by Gasteiger charge is -2.23. The minimum absolute atomic E-state index is 0.180. The van der Waals surface area contributed by atoms with Gasteiger partial charge in [0.25, 0.3) is 0 Å². The number of carboxylic acid groups (broad SMARTS) is 1. The Morgan fingerprint density at radius 1 is 1.03 bits per heavy atom. The Hall–Kier alpha value is -3.20. The molecule has 3 rings (SSSR count). The molecule has 1 aliphatic carbocycles. The molecule has 2 aromatic carbocycles. The van der Waals surface area contributed by atoms with Crippen LogP contribution in [0.25, 0.3) is 0 Å². The van der Waals surface area contributed by atoms with Crippen LogP contribution in [0.15, 0.2) is 42.5 Å². The number of fused-ring (bicyclic) bond motifs is 1. The van der Waals surface area contributed by atoms with Crippen LogP contribution in [0.4, 0.5) is 13.6 Å². The van der Waals surface area contributed by atoms with Crippen LogP contribution in [0.5, 0.6) is 11.5 Å². The van der Waals surface area contributed by atoms with Crippen molar-refractivity contribution in [3.63, 3.8) is 0 Å². The van der Waals surface area contributed by atoms with Crippen molar-refractivity contribution in [2.24, 2.45) is 0 Å². The Bertz CT molecular complexity index is 1050. The van der Waals surface area contributed by atoms with E-state index >= 15 is 0 Å². The number of benzene rings is 2. The molecule has 0 radical (unpaired) electrons. The smallest absolute Gasteiger partial charge is 0.415 e. The van der Waals surface area contributed by atoms with Crippen molar-refractivity contribution >= 4 is 12.1 Å². The van der Waals surface area contributed by atoms with Gasteiger partial charge in [0.2, 0.25) is 5.92 Å². The number of rotatable bonds is 15. The van der Waals surface area contributed by atoms with Gasteiger partial charge in [-0.15, -0.1) is 0 Å². The van der Waals surface area contributed by atoms with Crippen LogP contribution < -0.4 is 9.47 Å². The van der Waals surface area contributed by atoms with E-state index in [0.29, 0.717) is 24.5 Å². The Balaban J connectivity index is 1.55. The second-order valence-corrected chi connectivity index (χ2v) is 9.65. The molecule has 0 fully saturated rings. The van der Waals surface area contributed by atoms with E-state index in [-0.39, 0.29) is 39.0 Å². The first kappa shape index (κ1) is 29.4. The molecule has 208 valence electrons. The molecule has 2 aromatic rings. The van der Waals surface area contributed by atoms with Gasteiger partial charge < -0.3 is 24.2 Å². The summed E-state index contributed by atoms with van der Waals surface area (Å²) in [6.45, 7) is 3.63. The molecule has 1 atom stereocenters. The van der Waals surface area contributed by atoms with Gasteiger partial charge in [0.05, 0.1) is 6.54 Å². The van der Waals surface area contributed by atoms with Gasteiger partial charge in [-0.2, -0.15) is 0 Å². The number of carbonyl (C=O) groups is 2. The van der Waals surface area contributed by atoms with Gasteiger partial charge in [0.15, 0.2) is 6.10 Å². The molecule has 0 saturated carbocycles. The van der Waals surface area contributed by atoms with Gasteiger partial charge in [-0.25, -0.2) is 18.4 Å². The summed E-state index contributed by atoms with van der Waals surface area (Å²) in [5.74, 6) is -2.71. The molecular formula is C29H37F2NO6. The average molecular weight is 534 g/mol. The minimum atomic E-state index is -2.74. The van der Waals surface area contributed by atoms with Crippen LogP contribution >= 0.6 is 0 Å². The second kappa shape index (κ2) is 14.1. The van der Waals surface area contributed by atoms with E-state index in [0.717, 1.165) is 31.7 Å². The zero-order chi connectivity index (χ0) is 27.5. The molecule has 0 bridgehead atoms. The molecule has 0 aromatic heterocycles. The molecule has 0 heterocycles. The van der Waals surface area contributed by atoms with Crippen molar-refractivity contribution in [1.29, 1.82) is 0 Å². The molecule has 1 N–H and O–H groups in total. The third-order valence-electron chi connectivity index (χ3n) is 6.44. The number of halogens is 2. The van der Waals surface area contributed by atoms with Gasteiger partial charge >= 0.3 is 12.1 Å². The normalized spacial score (nSPS) is 13.6. The van der Waals surface area contributed by atoms with Crippen molar-refractivity contribution in [3.05, 3.63) is 59.2 Å². The van der Waals surface area contributed by atoms with Crippen LogP contribution in [-0.4, -0.2) is 60.4 Å². The van der Waals surface area contributed by atoms with Gasteiger partial charge in [0, 0.05) is 26.0 Å². The predicted octanol–water partition coefficient (Wildman–Crippen LogP) is 5.91. The number of unbranched alkanes of at least 4 members (excludes halogenated alkanes) is 1. The Kier molecular flexibility index (Phi) is 10.9. The van der Waals surface area contributed by atoms with E-state index in [1.54, 1.807) is 37.3 Å². The minimum Gasteiger partial charge on any atom is -0.492 e. The molecule has 0 saturated heterocycles. The maximum Gasteiger partial charge on any atom is 0.415 e.